The standard InChI is InChI=1S/C17H19BN2O5S/c1-2-19-17(21)9-12-5-3-4-6-16(12)26(23,24)20-14-8-7-13-11-25-18(22)15(13)10-14/h3-8,10,20,22H,2,9,11H2,1H3,(H,19,21). The van der Waals surface area contributed by atoms with Crippen LogP contribution < -0.4 is 15.5 Å². The second-order valence-corrected chi connectivity index (χ2v) is 7.57. The predicted molar refractivity (Wildman–Crippen MR) is 98.5 cm³/mol. The summed E-state index contributed by atoms with van der Waals surface area (Å²) in [6.07, 6.45) is -0.0261. The number of rotatable bonds is 6. The van der Waals surface area contributed by atoms with E-state index < -0.39 is 17.1 Å². The third-order valence-electron chi connectivity index (χ3n) is 4.05. The molecule has 9 heteroatoms. The molecule has 0 aromatic heterocycles. The maximum atomic E-state index is 12.8. The predicted octanol–water partition coefficient (Wildman–Crippen LogP) is 0.384. The van der Waals surface area contributed by atoms with Gasteiger partial charge in [0.15, 0.2) is 0 Å². The number of likely N-dealkylation sites (N-methyl/N-ethyl adjacent to an activating group) is 1. The van der Waals surface area contributed by atoms with Crippen LogP contribution in [0.15, 0.2) is 47.4 Å². The summed E-state index contributed by atoms with van der Waals surface area (Å²) in [6, 6.07) is 11.3. The largest absolute Gasteiger partial charge is 0.491 e. The van der Waals surface area contributed by atoms with Gasteiger partial charge in [-0.1, -0.05) is 24.3 Å². The average molecular weight is 374 g/mol. The van der Waals surface area contributed by atoms with Crippen molar-refractivity contribution in [3.05, 3.63) is 53.6 Å². The van der Waals surface area contributed by atoms with Gasteiger partial charge in [0, 0.05) is 12.2 Å². The number of fused-ring (bicyclic) bond motifs is 1. The van der Waals surface area contributed by atoms with Gasteiger partial charge in [0.2, 0.25) is 5.91 Å². The number of anilines is 1. The van der Waals surface area contributed by atoms with Crippen molar-refractivity contribution in [2.24, 2.45) is 0 Å². The molecule has 0 aliphatic carbocycles. The number of hydrogen-bond acceptors (Lipinski definition) is 5. The number of carbonyl (C=O) groups is 1. The third-order valence-corrected chi connectivity index (χ3v) is 5.53. The Balaban J connectivity index is 1.87. The van der Waals surface area contributed by atoms with Crippen molar-refractivity contribution in [3.63, 3.8) is 0 Å². The summed E-state index contributed by atoms with van der Waals surface area (Å²) in [5.74, 6) is -0.243. The molecule has 0 atom stereocenters. The van der Waals surface area contributed by atoms with E-state index in [-0.39, 0.29) is 17.2 Å². The molecule has 1 heterocycles. The summed E-state index contributed by atoms with van der Waals surface area (Å²) in [5.41, 5.74) is 2.09. The summed E-state index contributed by atoms with van der Waals surface area (Å²) in [5, 5.41) is 12.4. The van der Waals surface area contributed by atoms with Gasteiger partial charge < -0.3 is 15.0 Å². The minimum atomic E-state index is -3.89. The highest BCUT2D eigenvalue weighted by Crippen LogP contribution is 2.21. The zero-order valence-electron chi connectivity index (χ0n) is 14.2. The van der Waals surface area contributed by atoms with E-state index in [0.29, 0.717) is 29.9 Å². The lowest BCUT2D eigenvalue weighted by Gasteiger charge is -2.13. The molecule has 0 saturated heterocycles. The molecule has 0 saturated carbocycles. The molecular formula is C17H19BN2O5S. The fraction of sp³-hybridized carbons (Fsp3) is 0.235. The molecule has 3 rings (SSSR count). The Bertz CT molecular complexity index is 933. The molecule has 7 nitrogen and oxygen atoms in total. The lowest BCUT2D eigenvalue weighted by molar-refractivity contribution is -0.120. The minimum Gasteiger partial charge on any atom is -0.423 e. The maximum absolute atomic E-state index is 12.8. The van der Waals surface area contributed by atoms with Crippen LogP contribution in [0.3, 0.4) is 0 Å². The average Bonchev–Trinajstić information content (AvgIpc) is 2.96. The fourth-order valence-corrected chi connectivity index (χ4v) is 4.12. The molecule has 1 aliphatic heterocycles. The van der Waals surface area contributed by atoms with Gasteiger partial charge in [-0.2, -0.15) is 0 Å². The van der Waals surface area contributed by atoms with Crippen molar-refractivity contribution in [3.8, 4) is 0 Å². The number of hydrogen-bond donors (Lipinski definition) is 3. The van der Waals surface area contributed by atoms with Crippen LogP contribution in [0.25, 0.3) is 0 Å². The number of carbonyl (C=O) groups excluding carboxylic acids is 1. The Morgan fingerprint density at radius 1 is 1.27 bits per heavy atom. The van der Waals surface area contributed by atoms with Crippen molar-refractivity contribution in [1.29, 1.82) is 0 Å². The van der Waals surface area contributed by atoms with Gasteiger partial charge in [-0.05, 0) is 41.7 Å². The van der Waals surface area contributed by atoms with Crippen molar-refractivity contribution in [2.75, 3.05) is 11.3 Å². The first kappa shape index (κ1) is 18.4. The first-order valence-electron chi connectivity index (χ1n) is 8.20. The van der Waals surface area contributed by atoms with E-state index in [9.17, 15) is 18.2 Å². The number of sulfonamides is 1. The van der Waals surface area contributed by atoms with Crippen LogP contribution in [0.4, 0.5) is 5.69 Å². The zero-order chi connectivity index (χ0) is 18.7. The Labute approximate surface area is 152 Å². The molecule has 26 heavy (non-hydrogen) atoms. The summed E-state index contributed by atoms with van der Waals surface area (Å²) in [6.45, 7) is 2.57. The summed E-state index contributed by atoms with van der Waals surface area (Å²) in [4.78, 5) is 11.9. The third kappa shape index (κ3) is 3.90. The van der Waals surface area contributed by atoms with Crippen LogP contribution in [0.1, 0.15) is 18.1 Å². The lowest BCUT2D eigenvalue weighted by atomic mass is 9.79. The molecule has 1 amide bonds. The normalized spacial score (nSPS) is 13.4. The van der Waals surface area contributed by atoms with E-state index in [1.54, 1.807) is 43.3 Å². The van der Waals surface area contributed by atoms with Gasteiger partial charge in [0.25, 0.3) is 10.0 Å². The lowest BCUT2D eigenvalue weighted by Crippen LogP contribution is -2.28. The number of nitrogens with one attached hydrogen (secondary N) is 2. The molecular weight excluding hydrogens is 355 g/mol. The molecule has 0 spiro atoms. The van der Waals surface area contributed by atoms with E-state index >= 15 is 0 Å². The van der Waals surface area contributed by atoms with Gasteiger partial charge in [0.1, 0.15) is 0 Å². The Morgan fingerprint density at radius 3 is 2.81 bits per heavy atom. The SMILES string of the molecule is CCNC(=O)Cc1ccccc1S(=O)(=O)Nc1ccc2c(c1)B(O)OC2. The molecule has 136 valence electrons. The highest BCUT2D eigenvalue weighted by atomic mass is 32.2. The maximum Gasteiger partial charge on any atom is 0.491 e. The van der Waals surface area contributed by atoms with Gasteiger partial charge in [-0.15, -0.1) is 0 Å². The van der Waals surface area contributed by atoms with Crippen LogP contribution in [0, 0.1) is 0 Å². The van der Waals surface area contributed by atoms with Crippen LogP contribution in [-0.4, -0.2) is 33.0 Å². The van der Waals surface area contributed by atoms with Crippen molar-refractivity contribution in [2.45, 2.75) is 24.8 Å². The molecule has 2 aromatic carbocycles. The highest BCUT2D eigenvalue weighted by Gasteiger charge is 2.28. The molecule has 3 N–H and O–H groups in total. The smallest absolute Gasteiger partial charge is 0.423 e. The van der Waals surface area contributed by atoms with Gasteiger partial charge in [-0.3, -0.25) is 9.52 Å². The summed E-state index contributed by atoms with van der Waals surface area (Å²) >= 11 is 0. The second kappa shape index (κ2) is 7.49. The van der Waals surface area contributed by atoms with E-state index in [4.69, 9.17) is 4.65 Å². The van der Waals surface area contributed by atoms with Crippen molar-refractivity contribution in [1.82, 2.24) is 5.32 Å². The van der Waals surface area contributed by atoms with Crippen molar-refractivity contribution < 1.29 is 22.9 Å². The Morgan fingerprint density at radius 2 is 2.04 bits per heavy atom. The zero-order valence-corrected chi connectivity index (χ0v) is 15.0. The molecule has 1 aliphatic rings. The fourth-order valence-electron chi connectivity index (χ4n) is 2.83. The molecule has 0 bridgehead atoms. The van der Waals surface area contributed by atoms with Gasteiger partial charge in [-0.25, -0.2) is 8.42 Å². The number of amides is 1. The molecule has 2 aromatic rings. The van der Waals surface area contributed by atoms with Crippen LogP contribution >= 0.6 is 0 Å². The van der Waals surface area contributed by atoms with Crippen molar-refractivity contribution >= 4 is 34.2 Å². The summed E-state index contributed by atoms with van der Waals surface area (Å²) < 4.78 is 33.2. The van der Waals surface area contributed by atoms with Gasteiger partial charge >= 0.3 is 7.12 Å². The van der Waals surface area contributed by atoms with E-state index in [2.05, 4.69) is 10.0 Å². The van der Waals surface area contributed by atoms with E-state index in [1.165, 1.54) is 6.07 Å². The summed E-state index contributed by atoms with van der Waals surface area (Å²) in [7, 11) is -4.95. The number of benzene rings is 2. The minimum absolute atomic E-state index is 0.0261. The van der Waals surface area contributed by atoms with Crippen LogP contribution in [0.2, 0.25) is 0 Å². The first-order chi connectivity index (χ1) is 12.4. The Hall–Kier alpha value is -2.36. The monoisotopic (exact) mass is 374 g/mol. The first-order valence-corrected chi connectivity index (χ1v) is 9.69. The quantitative estimate of drug-likeness (QED) is 0.635. The molecule has 0 radical (unpaired) electrons. The Kier molecular flexibility index (Phi) is 5.31. The molecule has 0 unspecified atom stereocenters. The second-order valence-electron chi connectivity index (χ2n) is 5.92. The molecule has 0 fully saturated rings. The van der Waals surface area contributed by atoms with E-state index in [0.717, 1.165) is 5.56 Å². The van der Waals surface area contributed by atoms with E-state index in [1.807, 2.05) is 0 Å². The highest BCUT2D eigenvalue weighted by molar-refractivity contribution is 7.92. The van der Waals surface area contributed by atoms with Crippen LogP contribution in [0.5, 0.6) is 0 Å². The van der Waals surface area contributed by atoms with Gasteiger partial charge in [0.05, 0.1) is 17.9 Å². The van der Waals surface area contributed by atoms with Crippen LogP contribution in [-0.2, 0) is 32.5 Å². The topological polar surface area (TPSA) is 105 Å².